The summed E-state index contributed by atoms with van der Waals surface area (Å²) >= 11 is 0. The molecular weight excluding hydrogens is 333 g/mol. The Morgan fingerprint density at radius 3 is 2.88 bits per heavy atom. The molecule has 0 spiro atoms. The number of carbonyl (C=O) groups excluding carboxylic acids is 1. The van der Waals surface area contributed by atoms with Crippen LogP contribution in [0, 0.1) is 5.82 Å². The molecule has 1 aliphatic rings. The molecule has 2 heterocycles. The Morgan fingerprint density at radius 2 is 2.08 bits per heavy atom. The number of nitrogens with two attached hydrogens (primary N) is 1. The van der Waals surface area contributed by atoms with E-state index in [0.29, 0.717) is 16.9 Å². The van der Waals surface area contributed by atoms with E-state index in [0.717, 1.165) is 30.6 Å². The molecule has 0 saturated carbocycles. The van der Waals surface area contributed by atoms with Crippen LogP contribution in [0.25, 0.3) is 10.9 Å². The molecule has 6 nitrogen and oxygen atoms in total. The topological polar surface area (TPSA) is 84.1 Å². The zero-order valence-electron chi connectivity index (χ0n) is 14.0. The van der Waals surface area contributed by atoms with Crippen molar-refractivity contribution in [3.63, 3.8) is 0 Å². The van der Waals surface area contributed by atoms with Crippen molar-refractivity contribution in [1.29, 1.82) is 0 Å². The van der Waals surface area contributed by atoms with E-state index < -0.39 is 5.91 Å². The zero-order valence-corrected chi connectivity index (χ0v) is 14.0. The first kappa shape index (κ1) is 16.3. The average Bonchev–Trinajstić information content (AvgIpc) is 3.10. The number of carbonyl (C=O) groups is 1. The van der Waals surface area contributed by atoms with E-state index in [1.807, 2.05) is 12.1 Å². The molecule has 1 unspecified atom stereocenters. The quantitative estimate of drug-likeness (QED) is 0.755. The Hall–Kier alpha value is -3.22. The molecule has 1 fully saturated rings. The van der Waals surface area contributed by atoms with E-state index in [9.17, 15) is 9.18 Å². The lowest BCUT2D eigenvalue weighted by molar-refractivity contribution is 0.100. The molecule has 132 valence electrons. The Morgan fingerprint density at radius 1 is 1.23 bits per heavy atom. The van der Waals surface area contributed by atoms with Gasteiger partial charge < -0.3 is 16.0 Å². The minimum Gasteiger partial charge on any atom is -0.369 e. The van der Waals surface area contributed by atoms with Gasteiger partial charge in [0.15, 0.2) is 0 Å². The van der Waals surface area contributed by atoms with E-state index in [1.165, 1.54) is 12.4 Å². The number of amides is 1. The lowest BCUT2D eigenvalue weighted by Gasteiger charge is -2.19. The van der Waals surface area contributed by atoms with Crippen molar-refractivity contribution in [2.75, 3.05) is 23.3 Å². The zero-order chi connectivity index (χ0) is 18.1. The van der Waals surface area contributed by atoms with Gasteiger partial charge in [0.25, 0.3) is 5.91 Å². The van der Waals surface area contributed by atoms with Gasteiger partial charge in [-0.3, -0.25) is 4.79 Å². The van der Waals surface area contributed by atoms with Crippen molar-refractivity contribution < 1.29 is 9.18 Å². The number of nitrogens with one attached hydrogen (secondary N) is 1. The van der Waals surface area contributed by atoms with Crippen molar-refractivity contribution in [3.8, 4) is 0 Å². The second-order valence-corrected chi connectivity index (χ2v) is 6.34. The largest absolute Gasteiger partial charge is 0.369 e. The second kappa shape index (κ2) is 6.59. The first-order valence-corrected chi connectivity index (χ1v) is 8.42. The van der Waals surface area contributed by atoms with E-state index in [4.69, 9.17) is 5.73 Å². The second-order valence-electron chi connectivity index (χ2n) is 6.34. The number of nitrogens with zero attached hydrogens (tertiary/aromatic N) is 3. The highest BCUT2D eigenvalue weighted by Gasteiger charge is 2.24. The van der Waals surface area contributed by atoms with Crippen molar-refractivity contribution in [2.45, 2.75) is 12.5 Å². The van der Waals surface area contributed by atoms with Crippen molar-refractivity contribution in [3.05, 3.63) is 60.2 Å². The van der Waals surface area contributed by atoms with Crippen LogP contribution >= 0.6 is 0 Å². The summed E-state index contributed by atoms with van der Waals surface area (Å²) < 4.78 is 13.4. The lowest BCUT2D eigenvalue weighted by atomic mass is 10.1. The molecule has 1 atom stereocenters. The molecule has 1 saturated heterocycles. The normalized spacial score (nSPS) is 16.8. The molecular formula is C19H18FN5O. The number of rotatable bonds is 4. The number of benzene rings is 2. The SMILES string of the molecule is NC(=O)c1cccc2c(NC3CCN(c4cccc(F)c4)C3)ncnc12. The number of anilines is 2. The van der Waals surface area contributed by atoms with Gasteiger partial charge in [-0.2, -0.15) is 0 Å². The minimum absolute atomic E-state index is 0.161. The molecule has 1 aromatic heterocycles. The molecule has 26 heavy (non-hydrogen) atoms. The maximum atomic E-state index is 13.4. The molecule has 7 heteroatoms. The fourth-order valence-electron chi connectivity index (χ4n) is 3.38. The summed E-state index contributed by atoms with van der Waals surface area (Å²) in [5.74, 6) is -0.0812. The van der Waals surface area contributed by atoms with Crippen molar-refractivity contribution in [1.82, 2.24) is 9.97 Å². The Balaban J connectivity index is 1.57. The molecule has 3 N–H and O–H groups in total. The standard InChI is InChI=1S/C19H18FN5O/c20-12-3-1-4-14(9-12)25-8-7-13(10-25)24-19-16-6-2-5-15(18(21)26)17(16)22-11-23-19/h1-6,9,11,13H,7-8,10H2,(H2,21,26)(H,22,23,24). The number of primary amides is 1. The average molecular weight is 351 g/mol. The smallest absolute Gasteiger partial charge is 0.250 e. The number of hydrogen-bond donors (Lipinski definition) is 2. The highest BCUT2D eigenvalue weighted by molar-refractivity contribution is 6.06. The van der Waals surface area contributed by atoms with Crippen LogP contribution in [0.1, 0.15) is 16.8 Å². The predicted molar refractivity (Wildman–Crippen MR) is 98.7 cm³/mol. The fraction of sp³-hybridized carbons (Fsp3) is 0.211. The van der Waals surface area contributed by atoms with Crippen LogP contribution in [-0.2, 0) is 0 Å². The molecule has 1 amide bonds. The first-order chi connectivity index (χ1) is 12.6. The van der Waals surface area contributed by atoms with Gasteiger partial charge >= 0.3 is 0 Å². The predicted octanol–water partition coefficient (Wildman–Crippen LogP) is 2.56. The van der Waals surface area contributed by atoms with Gasteiger partial charge in [0.1, 0.15) is 18.0 Å². The molecule has 1 aliphatic heterocycles. The first-order valence-electron chi connectivity index (χ1n) is 8.42. The van der Waals surface area contributed by atoms with Gasteiger partial charge in [0.05, 0.1) is 11.1 Å². The number of para-hydroxylation sites is 1. The summed E-state index contributed by atoms with van der Waals surface area (Å²) in [6.45, 7) is 1.57. The van der Waals surface area contributed by atoms with E-state index >= 15 is 0 Å². The Kier molecular flexibility index (Phi) is 4.12. The van der Waals surface area contributed by atoms with E-state index in [2.05, 4.69) is 20.2 Å². The van der Waals surface area contributed by atoms with Gasteiger partial charge in [-0.1, -0.05) is 12.1 Å². The molecule has 0 aliphatic carbocycles. The number of aromatic nitrogens is 2. The molecule has 0 bridgehead atoms. The minimum atomic E-state index is -0.515. The van der Waals surface area contributed by atoms with Gasteiger partial charge in [0.2, 0.25) is 0 Å². The summed E-state index contributed by atoms with van der Waals surface area (Å²) in [7, 11) is 0. The maximum absolute atomic E-state index is 13.4. The van der Waals surface area contributed by atoms with Crippen LogP contribution < -0.4 is 16.0 Å². The van der Waals surface area contributed by atoms with Gasteiger partial charge in [-0.15, -0.1) is 0 Å². The molecule has 3 aromatic rings. The van der Waals surface area contributed by atoms with Crippen LogP contribution in [0.15, 0.2) is 48.8 Å². The summed E-state index contributed by atoms with van der Waals surface area (Å²) in [4.78, 5) is 22.3. The molecule has 4 rings (SSSR count). The van der Waals surface area contributed by atoms with Crippen molar-refractivity contribution >= 4 is 28.3 Å². The summed E-state index contributed by atoms with van der Waals surface area (Å²) in [6.07, 6.45) is 2.33. The molecule has 0 radical (unpaired) electrons. The Labute approximate surface area is 149 Å². The van der Waals surface area contributed by atoms with Gasteiger partial charge in [-0.05, 0) is 36.8 Å². The van der Waals surface area contributed by atoms with Crippen LogP contribution in [0.3, 0.4) is 0 Å². The number of fused-ring (bicyclic) bond motifs is 1. The number of halogens is 1. The van der Waals surface area contributed by atoms with Crippen LogP contribution in [-0.4, -0.2) is 35.0 Å². The van der Waals surface area contributed by atoms with Crippen LogP contribution in [0.4, 0.5) is 15.9 Å². The van der Waals surface area contributed by atoms with Gasteiger partial charge in [-0.25, -0.2) is 14.4 Å². The van der Waals surface area contributed by atoms with Gasteiger partial charge in [0, 0.05) is 30.2 Å². The lowest BCUT2D eigenvalue weighted by Crippen LogP contribution is -2.26. The highest BCUT2D eigenvalue weighted by atomic mass is 19.1. The third kappa shape index (κ3) is 3.03. The monoisotopic (exact) mass is 351 g/mol. The summed E-state index contributed by atoms with van der Waals surface area (Å²) in [5.41, 5.74) is 7.22. The van der Waals surface area contributed by atoms with Crippen LogP contribution in [0.2, 0.25) is 0 Å². The molecule has 2 aromatic carbocycles. The summed E-state index contributed by atoms with van der Waals surface area (Å²) in [5, 5.41) is 4.18. The highest BCUT2D eigenvalue weighted by Crippen LogP contribution is 2.26. The van der Waals surface area contributed by atoms with Crippen LogP contribution in [0.5, 0.6) is 0 Å². The fourth-order valence-corrected chi connectivity index (χ4v) is 3.38. The number of hydrogen-bond acceptors (Lipinski definition) is 5. The Bertz CT molecular complexity index is 977. The van der Waals surface area contributed by atoms with E-state index in [1.54, 1.807) is 24.3 Å². The summed E-state index contributed by atoms with van der Waals surface area (Å²) in [6, 6.07) is 12.1. The third-order valence-corrected chi connectivity index (χ3v) is 4.63. The van der Waals surface area contributed by atoms with Crippen molar-refractivity contribution in [2.24, 2.45) is 5.73 Å². The third-order valence-electron chi connectivity index (χ3n) is 4.63. The van der Waals surface area contributed by atoms with E-state index in [-0.39, 0.29) is 11.9 Å². The maximum Gasteiger partial charge on any atom is 0.250 e.